The Balaban J connectivity index is 3.41. The number of ether oxygens (including phenoxy) is 1. The van der Waals surface area contributed by atoms with E-state index in [1.807, 2.05) is 0 Å². The first-order chi connectivity index (χ1) is 8.06. The minimum atomic E-state index is -5.36. The molecule has 0 aromatic carbocycles. The molecule has 0 aliphatic heterocycles. The van der Waals surface area contributed by atoms with Crippen molar-refractivity contribution in [3.63, 3.8) is 0 Å². The highest BCUT2D eigenvalue weighted by Gasteiger charge is 2.42. The maximum Gasteiger partial charge on any atom is 0.573 e. The van der Waals surface area contributed by atoms with Gasteiger partial charge in [-0.3, -0.25) is 4.98 Å². The van der Waals surface area contributed by atoms with Crippen LogP contribution in [0.15, 0.2) is 6.20 Å². The molecule has 102 valence electrons. The van der Waals surface area contributed by atoms with Crippen LogP contribution in [0, 0.1) is 0 Å². The maximum absolute atomic E-state index is 12.4. The van der Waals surface area contributed by atoms with E-state index in [0.29, 0.717) is 0 Å². The summed E-state index contributed by atoms with van der Waals surface area (Å²) in [6.45, 7) is 0. The highest BCUT2D eigenvalue weighted by Crippen LogP contribution is 2.44. The molecule has 1 aromatic rings. The summed E-state index contributed by atoms with van der Waals surface area (Å²) >= 11 is 2.76. The largest absolute Gasteiger partial charge is 0.573 e. The van der Waals surface area contributed by atoms with E-state index in [1.165, 1.54) is 0 Å². The predicted molar refractivity (Wildman–Crippen MR) is 50.2 cm³/mol. The van der Waals surface area contributed by atoms with Crippen LogP contribution in [0.25, 0.3) is 0 Å². The first-order valence-corrected chi connectivity index (χ1v) is 5.28. The van der Waals surface area contributed by atoms with Crippen LogP contribution in [0.2, 0.25) is 0 Å². The Morgan fingerprint density at radius 1 is 1.22 bits per heavy atom. The van der Waals surface area contributed by atoms with E-state index in [0.717, 1.165) is 0 Å². The number of hydrogen-bond acceptors (Lipinski definition) is 3. The number of aromatic nitrogens is 1. The molecule has 18 heavy (non-hydrogen) atoms. The van der Waals surface area contributed by atoms with Crippen LogP contribution in [-0.4, -0.2) is 16.5 Å². The second kappa shape index (κ2) is 4.82. The second-order valence-electron chi connectivity index (χ2n) is 2.98. The summed E-state index contributed by atoms with van der Waals surface area (Å²) in [6, 6.07) is 0. The smallest absolute Gasteiger partial charge is 0.503 e. The molecule has 0 amide bonds. The van der Waals surface area contributed by atoms with Gasteiger partial charge >= 0.3 is 12.5 Å². The molecule has 10 heteroatoms. The number of nitrogens with zero attached hydrogens (tertiary/aromatic N) is 1. The van der Waals surface area contributed by atoms with Crippen LogP contribution in [-0.2, 0) is 11.5 Å². The molecule has 0 radical (unpaired) electrons. The third-order valence-corrected chi connectivity index (χ3v) is 2.26. The summed E-state index contributed by atoms with van der Waals surface area (Å²) in [7, 11) is 0. The molecule has 0 aliphatic rings. The molecular weight excluding hydrogens is 336 g/mol. The van der Waals surface area contributed by atoms with Crippen LogP contribution >= 0.6 is 15.9 Å². The Hall–Kier alpha value is -1.19. The van der Waals surface area contributed by atoms with Gasteiger partial charge in [-0.1, -0.05) is 15.9 Å². The quantitative estimate of drug-likeness (QED) is 0.661. The zero-order chi connectivity index (χ0) is 14.1. The Labute approximate surface area is 105 Å². The van der Waals surface area contributed by atoms with E-state index < -0.39 is 35.3 Å². The SMILES string of the molecule is Oc1c(CBr)ncc(C(F)(F)F)c1OC(F)(F)F. The fraction of sp³-hybridized carbons (Fsp3) is 0.375. The minimum absolute atomic E-state index is 0.164. The van der Waals surface area contributed by atoms with Crippen LogP contribution in [0.4, 0.5) is 26.3 Å². The third-order valence-electron chi connectivity index (χ3n) is 1.73. The van der Waals surface area contributed by atoms with Crippen LogP contribution in [0.3, 0.4) is 0 Å². The lowest BCUT2D eigenvalue weighted by molar-refractivity contribution is -0.276. The van der Waals surface area contributed by atoms with E-state index in [4.69, 9.17) is 0 Å². The summed E-state index contributed by atoms with van der Waals surface area (Å²) in [5, 5.41) is 9.05. The Bertz CT molecular complexity index is 444. The van der Waals surface area contributed by atoms with Gasteiger partial charge in [0.2, 0.25) is 0 Å². The van der Waals surface area contributed by atoms with Gasteiger partial charge in [0.1, 0.15) is 5.56 Å². The van der Waals surface area contributed by atoms with E-state index in [2.05, 4.69) is 25.7 Å². The molecule has 0 atom stereocenters. The van der Waals surface area contributed by atoms with Crippen molar-refractivity contribution in [1.82, 2.24) is 4.98 Å². The fourth-order valence-corrected chi connectivity index (χ4v) is 1.45. The Morgan fingerprint density at radius 3 is 2.17 bits per heavy atom. The maximum atomic E-state index is 12.4. The van der Waals surface area contributed by atoms with Gasteiger partial charge in [-0.05, 0) is 0 Å². The Kier molecular flexibility index (Phi) is 3.99. The van der Waals surface area contributed by atoms with Crippen molar-refractivity contribution in [2.24, 2.45) is 0 Å². The van der Waals surface area contributed by atoms with Crippen molar-refractivity contribution in [2.75, 3.05) is 0 Å². The predicted octanol–water partition coefficient (Wildman–Crippen LogP) is 3.60. The molecule has 1 aromatic heterocycles. The lowest BCUT2D eigenvalue weighted by Gasteiger charge is -2.17. The molecule has 1 N–H and O–H groups in total. The molecule has 0 saturated heterocycles. The number of aromatic hydroxyl groups is 1. The summed E-state index contributed by atoms with van der Waals surface area (Å²) in [5.74, 6) is -3.02. The lowest BCUT2D eigenvalue weighted by Crippen LogP contribution is -2.21. The highest BCUT2D eigenvalue weighted by atomic mass is 79.9. The lowest BCUT2D eigenvalue weighted by atomic mass is 10.2. The zero-order valence-electron chi connectivity index (χ0n) is 8.23. The van der Waals surface area contributed by atoms with Gasteiger partial charge in [-0.2, -0.15) is 13.2 Å². The van der Waals surface area contributed by atoms with E-state index in [-0.39, 0.29) is 11.5 Å². The Morgan fingerprint density at radius 2 is 1.78 bits per heavy atom. The number of pyridine rings is 1. The average Bonchev–Trinajstić information content (AvgIpc) is 2.17. The topological polar surface area (TPSA) is 42.4 Å². The summed E-state index contributed by atoms with van der Waals surface area (Å²) in [5.41, 5.74) is -2.20. The minimum Gasteiger partial charge on any atom is -0.503 e. The first-order valence-electron chi connectivity index (χ1n) is 4.16. The molecule has 0 fully saturated rings. The van der Waals surface area contributed by atoms with Crippen LogP contribution < -0.4 is 4.74 Å². The van der Waals surface area contributed by atoms with Gasteiger partial charge < -0.3 is 9.84 Å². The monoisotopic (exact) mass is 339 g/mol. The van der Waals surface area contributed by atoms with Crippen molar-refractivity contribution in [3.05, 3.63) is 17.5 Å². The van der Waals surface area contributed by atoms with Crippen LogP contribution in [0.1, 0.15) is 11.3 Å². The molecule has 0 bridgehead atoms. The first kappa shape index (κ1) is 14.9. The van der Waals surface area contributed by atoms with Gasteiger partial charge in [0, 0.05) is 11.5 Å². The third kappa shape index (κ3) is 3.40. The van der Waals surface area contributed by atoms with Crippen molar-refractivity contribution in [2.45, 2.75) is 17.9 Å². The van der Waals surface area contributed by atoms with Crippen molar-refractivity contribution < 1.29 is 36.2 Å². The zero-order valence-corrected chi connectivity index (χ0v) is 9.82. The van der Waals surface area contributed by atoms with Gasteiger partial charge in [0.05, 0.1) is 5.69 Å². The van der Waals surface area contributed by atoms with Crippen molar-refractivity contribution >= 4 is 15.9 Å². The number of rotatable bonds is 2. The van der Waals surface area contributed by atoms with E-state index >= 15 is 0 Å². The number of hydrogen-bond donors (Lipinski definition) is 1. The fourth-order valence-electron chi connectivity index (χ4n) is 1.04. The number of alkyl halides is 7. The summed E-state index contributed by atoms with van der Waals surface area (Å²) in [6.07, 6.45) is -10.3. The second-order valence-corrected chi connectivity index (χ2v) is 3.54. The van der Waals surface area contributed by atoms with Gasteiger partial charge in [-0.15, -0.1) is 13.2 Å². The van der Waals surface area contributed by atoms with E-state index in [9.17, 15) is 31.4 Å². The molecule has 3 nitrogen and oxygen atoms in total. The van der Waals surface area contributed by atoms with E-state index in [1.54, 1.807) is 0 Å². The summed E-state index contributed by atoms with van der Waals surface area (Å²) in [4.78, 5) is 3.19. The van der Waals surface area contributed by atoms with Crippen LogP contribution in [0.5, 0.6) is 11.5 Å². The molecule has 0 saturated carbocycles. The summed E-state index contributed by atoms with van der Waals surface area (Å²) < 4.78 is 76.5. The standard InChI is InChI=1S/C8H4BrF6NO2/c9-1-4-5(17)6(18-8(13,14)15)3(2-16-4)7(10,11)12/h2,17H,1H2. The normalized spacial score (nSPS) is 12.6. The molecule has 0 spiro atoms. The molecule has 1 heterocycles. The van der Waals surface area contributed by atoms with Gasteiger partial charge in [-0.25, -0.2) is 0 Å². The number of halogens is 7. The molecular formula is C8H4BrF6NO2. The van der Waals surface area contributed by atoms with Gasteiger partial charge in [0.15, 0.2) is 11.5 Å². The van der Waals surface area contributed by atoms with Crippen molar-refractivity contribution in [1.29, 1.82) is 0 Å². The molecule has 1 rings (SSSR count). The molecule has 0 unspecified atom stereocenters. The average molecular weight is 340 g/mol. The highest BCUT2D eigenvalue weighted by molar-refractivity contribution is 9.08. The van der Waals surface area contributed by atoms with Gasteiger partial charge in [0.25, 0.3) is 0 Å². The molecule has 0 aliphatic carbocycles. The van der Waals surface area contributed by atoms with Crippen molar-refractivity contribution in [3.8, 4) is 11.5 Å².